The summed E-state index contributed by atoms with van der Waals surface area (Å²) in [5, 5.41) is 8.06. The lowest BCUT2D eigenvalue weighted by Crippen LogP contribution is -2.46. The lowest BCUT2D eigenvalue weighted by molar-refractivity contribution is 0.0155. The fourth-order valence-electron chi connectivity index (χ4n) is 2.35. The Morgan fingerprint density at radius 1 is 1.17 bits per heavy atom. The third-order valence-electron chi connectivity index (χ3n) is 3.49. The van der Waals surface area contributed by atoms with Gasteiger partial charge < -0.3 is 10.1 Å². The minimum Gasteiger partial charge on any atom is -0.381 e. The number of hydrogen-bond donors (Lipinski definition) is 1. The van der Waals surface area contributed by atoms with E-state index in [1.807, 2.05) is 22.7 Å². The molecule has 0 aliphatic heterocycles. The van der Waals surface area contributed by atoms with Gasteiger partial charge in [-0.05, 0) is 35.7 Å². The average Bonchev–Trinajstić information content (AvgIpc) is 3.00. The third kappa shape index (κ3) is 2.52. The topological polar surface area (TPSA) is 21.3 Å². The highest BCUT2D eigenvalue weighted by Gasteiger charge is 2.31. The molecule has 0 aromatic carbocycles. The predicted octanol–water partition coefficient (Wildman–Crippen LogP) is 3.67. The van der Waals surface area contributed by atoms with Gasteiger partial charge in [-0.2, -0.15) is 0 Å². The number of methoxy groups -OCH3 is 1. The first-order chi connectivity index (χ1) is 8.86. The number of rotatable bonds is 5. The summed E-state index contributed by atoms with van der Waals surface area (Å²) in [4.78, 5) is 2.80. The molecule has 96 valence electrons. The van der Waals surface area contributed by atoms with Gasteiger partial charge in [-0.15, -0.1) is 22.7 Å². The van der Waals surface area contributed by atoms with Crippen molar-refractivity contribution in [2.75, 3.05) is 7.11 Å². The van der Waals surface area contributed by atoms with Crippen LogP contribution in [0.25, 0.3) is 0 Å². The van der Waals surface area contributed by atoms with E-state index in [0.717, 1.165) is 12.8 Å². The van der Waals surface area contributed by atoms with E-state index in [9.17, 15) is 0 Å². The van der Waals surface area contributed by atoms with Gasteiger partial charge in [0.1, 0.15) is 0 Å². The molecule has 0 bridgehead atoms. The van der Waals surface area contributed by atoms with E-state index < -0.39 is 0 Å². The molecular weight excluding hydrogens is 262 g/mol. The van der Waals surface area contributed by atoms with E-state index in [2.05, 4.69) is 40.3 Å². The van der Waals surface area contributed by atoms with Crippen LogP contribution in [0.15, 0.2) is 35.0 Å². The monoisotopic (exact) mass is 279 g/mol. The van der Waals surface area contributed by atoms with E-state index >= 15 is 0 Å². The standard InChI is InChI=1S/C14H17NOS2/c1-16-11-8-10(9-11)15-14(12-4-2-6-17-12)13-5-3-7-18-13/h2-7,10-11,14-15H,8-9H2,1H3. The normalized spacial score (nSPS) is 23.2. The summed E-state index contributed by atoms with van der Waals surface area (Å²) in [7, 11) is 1.80. The van der Waals surface area contributed by atoms with Crippen LogP contribution in [0.4, 0.5) is 0 Å². The maximum atomic E-state index is 5.34. The molecule has 1 saturated carbocycles. The van der Waals surface area contributed by atoms with Gasteiger partial charge >= 0.3 is 0 Å². The van der Waals surface area contributed by atoms with E-state index in [4.69, 9.17) is 4.74 Å². The van der Waals surface area contributed by atoms with Crippen molar-refractivity contribution in [3.8, 4) is 0 Å². The van der Waals surface area contributed by atoms with Crippen LogP contribution in [0.2, 0.25) is 0 Å². The Labute approximate surface area is 116 Å². The molecule has 18 heavy (non-hydrogen) atoms. The Morgan fingerprint density at radius 3 is 2.22 bits per heavy atom. The van der Waals surface area contributed by atoms with Crippen LogP contribution in [0.3, 0.4) is 0 Å². The highest BCUT2D eigenvalue weighted by Crippen LogP contribution is 2.33. The Morgan fingerprint density at radius 2 is 1.78 bits per heavy atom. The Balaban J connectivity index is 1.71. The second kappa shape index (κ2) is 5.53. The zero-order chi connectivity index (χ0) is 12.4. The molecule has 0 unspecified atom stereocenters. The van der Waals surface area contributed by atoms with Crippen molar-refractivity contribution in [3.63, 3.8) is 0 Å². The quantitative estimate of drug-likeness (QED) is 0.901. The summed E-state index contributed by atoms with van der Waals surface area (Å²) in [6.07, 6.45) is 2.71. The maximum absolute atomic E-state index is 5.34. The van der Waals surface area contributed by atoms with Gasteiger partial charge in [0, 0.05) is 22.9 Å². The second-order valence-electron chi connectivity index (χ2n) is 4.66. The first-order valence-corrected chi connectivity index (χ1v) is 7.98. The van der Waals surface area contributed by atoms with Crippen molar-refractivity contribution in [2.24, 2.45) is 0 Å². The summed E-state index contributed by atoms with van der Waals surface area (Å²) < 4.78 is 5.34. The van der Waals surface area contributed by atoms with Gasteiger partial charge in [-0.3, -0.25) is 0 Å². The first-order valence-electron chi connectivity index (χ1n) is 6.22. The SMILES string of the molecule is COC1CC(NC(c2cccs2)c2cccs2)C1. The minimum atomic E-state index is 0.354. The van der Waals surface area contributed by atoms with E-state index in [0.29, 0.717) is 18.2 Å². The molecule has 0 atom stereocenters. The van der Waals surface area contributed by atoms with Crippen LogP contribution in [0.1, 0.15) is 28.6 Å². The molecular formula is C14H17NOS2. The van der Waals surface area contributed by atoms with Crippen LogP contribution in [-0.2, 0) is 4.74 Å². The molecule has 1 fully saturated rings. The molecule has 2 aromatic heterocycles. The van der Waals surface area contributed by atoms with Gasteiger partial charge in [0.05, 0.1) is 12.1 Å². The number of nitrogens with one attached hydrogen (secondary N) is 1. The Hall–Kier alpha value is -0.680. The largest absolute Gasteiger partial charge is 0.381 e. The van der Waals surface area contributed by atoms with Crippen molar-refractivity contribution in [1.82, 2.24) is 5.32 Å². The zero-order valence-corrected chi connectivity index (χ0v) is 12.0. The molecule has 0 spiro atoms. The first kappa shape index (κ1) is 12.4. The molecule has 1 aliphatic rings. The van der Waals surface area contributed by atoms with Gasteiger partial charge in [0.15, 0.2) is 0 Å². The van der Waals surface area contributed by atoms with Crippen molar-refractivity contribution in [2.45, 2.75) is 31.0 Å². The summed E-state index contributed by atoms with van der Waals surface area (Å²) in [5.41, 5.74) is 0. The molecule has 2 aromatic rings. The smallest absolute Gasteiger partial charge is 0.0767 e. The molecule has 2 nitrogen and oxygen atoms in total. The van der Waals surface area contributed by atoms with Crippen molar-refractivity contribution in [1.29, 1.82) is 0 Å². The molecule has 4 heteroatoms. The molecule has 2 heterocycles. The fourth-order valence-corrected chi connectivity index (χ4v) is 4.02. The van der Waals surface area contributed by atoms with Crippen LogP contribution < -0.4 is 5.32 Å². The van der Waals surface area contributed by atoms with E-state index in [-0.39, 0.29) is 0 Å². The van der Waals surface area contributed by atoms with Crippen LogP contribution in [0.5, 0.6) is 0 Å². The lowest BCUT2D eigenvalue weighted by atomic mass is 9.88. The molecule has 3 rings (SSSR count). The fraction of sp³-hybridized carbons (Fsp3) is 0.429. The molecule has 1 N–H and O–H groups in total. The Kier molecular flexibility index (Phi) is 3.80. The molecule has 0 amide bonds. The Bertz CT molecular complexity index is 426. The van der Waals surface area contributed by atoms with Crippen molar-refractivity contribution in [3.05, 3.63) is 44.8 Å². The third-order valence-corrected chi connectivity index (χ3v) is 5.36. The van der Waals surface area contributed by atoms with E-state index in [1.54, 1.807) is 7.11 Å². The van der Waals surface area contributed by atoms with Gasteiger partial charge in [0.25, 0.3) is 0 Å². The predicted molar refractivity (Wildman–Crippen MR) is 77.4 cm³/mol. The van der Waals surface area contributed by atoms with Gasteiger partial charge in [-0.25, -0.2) is 0 Å². The zero-order valence-electron chi connectivity index (χ0n) is 10.3. The van der Waals surface area contributed by atoms with Crippen LogP contribution >= 0.6 is 22.7 Å². The summed E-state index contributed by atoms with van der Waals surface area (Å²) in [5.74, 6) is 0. The average molecular weight is 279 g/mol. The van der Waals surface area contributed by atoms with Crippen LogP contribution in [0, 0.1) is 0 Å². The highest BCUT2D eigenvalue weighted by molar-refractivity contribution is 7.11. The second-order valence-corrected chi connectivity index (χ2v) is 6.62. The maximum Gasteiger partial charge on any atom is 0.0767 e. The van der Waals surface area contributed by atoms with E-state index in [1.165, 1.54) is 9.75 Å². The molecule has 0 radical (unpaired) electrons. The summed E-state index contributed by atoms with van der Waals surface area (Å²) in [6.45, 7) is 0. The summed E-state index contributed by atoms with van der Waals surface area (Å²) >= 11 is 3.65. The van der Waals surface area contributed by atoms with Gasteiger partial charge in [0.2, 0.25) is 0 Å². The highest BCUT2D eigenvalue weighted by atomic mass is 32.1. The lowest BCUT2D eigenvalue weighted by Gasteiger charge is -2.37. The summed E-state index contributed by atoms with van der Waals surface area (Å²) in [6, 6.07) is 9.63. The number of ether oxygens (including phenoxy) is 1. The molecule has 1 aliphatic carbocycles. The van der Waals surface area contributed by atoms with Crippen LogP contribution in [-0.4, -0.2) is 19.3 Å². The molecule has 0 saturated heterocycles. The number of thiophene rings is 2. The number of hydrogen-bond acceptors (Lipinski definition) is 4. The van der Waals surface area contributed by atoms with Crippen molar-refractivity contribution >= 4 is 22.7 Å². The minimum absolute atomic E-state index is 0.354. The van der Waals surface area contributed by atoms with Crippen molar-refractivity contribution < 1.29 is 4.74 Å². The van der Waals surface area contributed by atoms with Gasteiger partial charge in [-0.1, -0.05) is 12.1 Å².